The van der Waals surface area contributed by atoms with Crippen molar-refractivity contribution in [3.63, 3.8) is 0 Å². The summed E-state index contributed by atoms with van der Waals surface area (Å²) in [5.41, 5.74) is 0.476. The van der Waals surface area contributed by atoms with Crippen LogP contribution < -0.4 is 5.32 Å². The van der Waals surface area contributed by atoms with Gasteiger partial charge in [-0.3, -0.25) is 0 Å². The Balaban J connectivity index is 2.31. The number of unbranched alkanes of at least 4 members (excludes halogenated alkanes) is 8. The Morgan fingerprint density at radius 2 is 1.48 bits per heavy atom. The fourth-order valence-corrected chi connectivity index (χ4v) is 3.22. The molecule has 0 saturated heterocycles. The molecular formula is C23H38FNO2. The minimum absolute atomic E-state index is 0.0344. The standard InChI is InChI=1S/C23H38FNO2/c1-3-5-7-8-9-10-12-17-21(16-11-6-4-2)27-23(26)25-19-20-15-13-14-18-22(20)24/h13-15,18,21H,3-12,16-17,19H2,1-2H3,(H,25,26). The number of alkyl carbamates (subject to hydrolysis) is 1. The van der Waals surface area contributed by atoms with Crippen LogP contribution in [0.25, 0.3) is 0 Å². The quantitative estimate of drug-likeness (QED) is 0.329. The summed E-state index contributed by atoms with van der Waals surface area (Å²) in [5, 5.41) is 2.68. The molecule has 0 fully saturated rings. The highest BCUT2D eigenvalue weighted by Crippen LogP contribution is 2.16. The lowest BCUT2D eigenvalue weighted by atomic mass is 10.0. The number of rotatable bonds is 15. The molecule has 0 aliphatic rings. The average molecular weight is 380 g/mol. The van der Waals surface area contributed by atoms with Gasteiger partial charge in [-0.1, -0.05) is 83.4 Å². The van der Waals surface area contributed by atoms with Gasteiger partial charge in [-0.15, -0.1) is 0 Å². The molecule has 1 unspecified atom stereocenters. The van der Waals surface area contributed by atoms with Crippen molar-refractivity contribution in [2.45, 2.75) is 104 Å². The minimum atomic E-state index is -0.442. The molecule has 0 saturated carbocycles. The summed E-state index contributed by atoms with van der Waals surface area (Å²) in [7, 11) is 0. The number of carbonyl (C=O) groups excluding carboxylic acids is 1. The number of carbonyl (C=O) groups is 1. The third-order valence-electron chi connectivity index (χ3n) is 4.91. The van der Waals surface area contributed by atoms with E-state index < -0.39 is 6.09 Å². The number of ether oxygens (including phenoxy) is 1. The van der Waals surface area contributed by atoms with Crippen molar-refractivity contribution in [2.75, 3.05) is 0 Å². The molecule has 1 aromatic rings. The van der Waals surface area contributed by atoms with Crippen molar-refractivity contribution in [1.82, 2.24) is 5.32 Å². The minimum Gasteiger partial charge on any atom is -0.446 e. The van der Waals surface area contributed by atoms with Crippen molar-refractivity contribution < 1.29 is 13.9 Å². The van der Waals surface area contributed by atoms with Crippen LogP contribution in [0.2, 0.25) is 0 Å². The molecule has 1 aromatic carbocycles. The summed E-state index contributed by atoms with van der Waals surface area (Å²) >= 11 is 0. The smallest absolute Gasteiger partial charge is 0.407 e. The molecule has 0 aliphatic carbocycles. The van der Waals surface area contributed by atoms with Crippen molar-refractivity contribution in [2.24, 2.45) is 0 Å². The Hall–Kier alpha value is -1.58. The zero-order valence-electron chi connectivity index (χ0n) is 17.3. The van der Waals surface area contributed by atoms with Gasteiger partial charge in [0, 0.05) is 12.1 Å². The topological polar surface area (TPSA) is 38.3 Å². The summed E-state index contributed by atoms with van der Waals surface area (Å²) in [5.74, 6) is -0.305. The number of amides is 1. The average Bonchev–Trinajstić information content (AvgIpc) is 2.66. The molecule has 0 aromatic heterocycles. The van der Waals surface area contributed by atoms with Crippen LogP contribution in [-0.2, 0) is 11.3 Å². The van der Waals surface area contributed by atoms with Gasteiger partial charge in [-0.05, 0) is 31.7 Å². The first kappa shape index (κ1) is 23.5. The first-order chi connectivity index (χ1) is 13.2. The van der Waals surface area contributed by atoms with Crippen LogP contribution in [0.3, 0.4) is 0 Å². The summed E-state index contributed by atoms with van der Waals surface area (Å²) in [4.78, 5) is 12.1. The van der Waals surface area contributed by atoms with E-state index in [-0.39, 0.29) is 18.5 Å². The molecule has 1 atom stereocenters. The highest BCUT2D eigenvalue weighted by Gasteiger charge is 2.14. The molecule has 3 nitrogen and oxygen atoms in total. The third-order valence-corrected chi connectivity index (χ3v) is 4.91. The number of halogens is 1. The molecule has 1 amide bonds. The first-order valence-corrected chi connectivity index (χ1v) is 10.8. The lowest BCUT2D eigenvalue weighted by Gasteiger charge is -2.18. The van der Waals surface area contributed by atoms with Gasteiger partial charge >= 0.3 is 6.09 Å². The summed E-state index contributed by atoms with van der Waals surface area (Å²) in [6.45, 7) is 4.56. The second kappa shape index (κ2) is 15.5. The molecule has 0 aliphatic heterocycles. The van der Waals surface area contributed by atoms with Gasteiger partial charge in [-0.25, -0.2) is 9.18 Å². The van der Waals surface area contributed by atoms with Gasteiger partial charge < -0.3 is 10.1 Å². The summed E-state index contributed by atoms with van der Waals surface area (Å²) in [6.07, 6.45) is 13.6. The fourth-order valence-electron chi connectivity index (χ4n) is 3.22. The number of benzene rings is 1. The molecule has 154 valence electrons. The fraction of sp³-hybridized carbons (Fsp3) is 0.696. The van der Waals surface area contributed by atoms with Crippen LogP contribution in [0.4, 0.5) is 9.18 Å². The lowest BCUT2D eigenvalue weighted by molar-refractivity contribution is 0.0837. The van der Waals surface area contributed by atoms with E-state index in [1.807, 2.05) is 0 Å². The van der Waals surface area contributed by atoms with Gasteiger partial charge in [0.15, 0.2) is 0 Å². The largest absolute Gasteiger partial charge is 0.446 e. The maximum absolute atomic E-state index is 13.6. The van der Waals surface area contributed by atoms with Crippen LogP contribution in [0.1, 0.15) is 96.5 Å². The van der Waals surface area contributed by atoms with Gasteiger partial charge in [0.2, 0.25) is 0 Å². The van der Waals surface area contributed by atoms with Gasteiger partial charge in [0.1, 0.15) is 11.9 Å². The van der Waals surface area contributed by atoms with Crippen LogP contribution >= 0.6 is 0 Å². The molecule has 0 radical (unpaired) electrons. The van der Waals surface area contributed by atoms with E-state index in [2.05, 4.69) is 19.2 Å². The monoisotopic (exact) mass is 379 g/mol. The van der Waals surface area contributed by atoms with Crippen molar-refractivity contribution in [1.29, 1.82) is 0 Å². The SMILES string of the molecule is CCCCCCCCCC(CCCCC)OC(=O)NCc1ccccc1F. The predicted octanol–water partition coefficient (Wildman–Crippen LogP) is 7.14. The molecule has 0 bridgehead atoms. The van der Waals surface area contributed by atoms with E-state index in [4.69, 9.17) is 4.74 Å². The van der Waals surface area contributed by atoms with Gasteiger partial charge in [0.25, 0.3) is 0 Å². The molecule has 0 heterocycles. The van der Waals surface area contributed by atoms with Crippen LogP contribution in [0.5, 0.6) is 0 Å². The second-order valence-electron chi connectivity index (χ2n) is 7.38. The van der Waals surface area contributed by atoms with E-state index in [1.54, 1.807) is 18.2 Å². The summed E-state index contributed by atoms with van der Waals surface area (Å²) in [6, 6.07) is 6.48. The predicted molar refractivity (Wildman–Crippen MR) is 110 cm³/mol. The summed E-state index contributed by atoms with van der Waals surface area (Å²) < 4.78 is 19.3. The molecule has 1 rings (SSSR count). The number of hydrogen-bond donors (Lipinski definition) is 1. The van der Waals surface area contributed by atoms with Crippen LogP contribution in [0, 0.1) is 5.82 Å². The normalized spacial score (nSPS) is 12.0. The van der Waals surface area contributed by atoms with Crippen molar-refractivity contribution in [3.05, 3.63) is 35.6 Å². The Morgan fingerprint density at radius 1 is 0.926 bits per heavy atom. The van der Waals surface area contributed by atoms with Crippen LogP contribution in [0.15, 0.2) is 24.3 Å². The van der Waals surface area contributed by atoms with E-state index >= 15 is 0 Å². The molecular weight excluding hydrogens is 341 g/mol. The van der Waals surface area contributed by atoms with Gasteiger partial charge in [-0.2, -0.15) is 0 Å². The Kier molecular flexibility index (Phi) is 13.4. The first-order valence-electron chi connectivity index (χ1n) is 10.8. The zero-order chi connectivity index (χ0) is 19.7. The maximum atomic E-state index is 13.6. The van der Waals surface area contributed by atoms with E-state index in [0.717, 1.165) is 38.5 Å². The zero-order valence-corrected chi connectivity index (χ0v) is 17.3. The van der Waals surface area contributed by atoms with Crippen LogP contribution in [-0.4, -0.2) is 12.2 Å². The highest BCUT2D eigenvalue weighted by molar-refractivity contribution is 5.67. The Labute approximate surface area is 165 Å². The van der Waals surface area contributed by atoms with Crippen molar-refractivity contribution in [3.8, 4) is 0 Å². The van der Waals surface area contributed by atoms with Crippen molar-refractivity contribution >= 4 is 6.09 Å². The molecule has 1 N–H and O–H groups in total. The Bertz CT molecular complexity index is 507. The lowest BCUT2D eigenvalue weighted by Crippen LogP contribution is -2.29. The molecule has 4 heteroatoms. The number of nitrogens with one attached hydrogen (secondary N) is 1. The van der Waals surface area contributed by atoms with E-state index in [1.165, 1.54) is 44.6 Å². The Morgan fingerprint density at radius 3 is 2.15 bits per heavy atom. The second-order valence-corrected chi connectivity index (χ2v) is 7.38. The van der Waals surface area contributed by atoms with E-state index in [0.29, 0.717) is 5.56 Å². The number of hydrogen-bond acceptors (Lipinski definition) is 2. The molecule has 0 spiro atoms. The highest BCUT2D eigenvalue weighted by atomic mass is 19.1. The molecule has 27 heavy (non-hydrogen) atoms. The van der Waals surface area contributed by atoms with E-state index in [9.17, 15) is 9.18 Å². The third kappa shape index (κ3) is 11.7. The maximum Gasteiger partial charge on any atom is 0.407 e. The van der Waals surface area contributed by atoms with Gasteiger partial charge in [0.05, 0.1) is 0 Å².